The van der Waals surface area contributed by atoms with E-state index in [0.717, 1.165) is 28.5 Å². The number of rotatable bonds is 6. The summed E-state index contributed by atoms with van der Waals surface area (Å²) in [4.78, 5) is 12.8. The molecule has 0 unspecified atom stereocenters. The van der Waals surface area contributed by atoms with Gasteiger partial charge in [-0.1, -0.05) is 0 Å². The predicted molar refractivity (Wildman–Crippen MR) is 100 cm³/mol. The molecule has 3 N–H and O–H groups in total. The minimum absolute atomic E-state index is 0.0666. The highest BCUT2D eigenvalue weighted by Gasteiger charge is 2.24. The number of fused-ring (bicyclic) bond motifs is 1. The Morgan fingerprint density at radius 2 is 2.15 bits per heavy atom. The molecule has 1 aromatic heterocycles. The third-order valence-corrected chi connectivity index (χ3v) is 6.11. The van der Waals surface area contributed by atoms with Crippen LogP contribution < -0.4 is 15.4 Å². The molecule has 0 saturated carbocycles. The Balaban J connectivity index is 1.94. The number of sulfonamides is 1. The van der Waals surface area contributed by atoms with Gasteiger partial charge in [-0.25, -0.2) is 12.7 Å². The zero-order valence-electron chi connectivity index (χ0n) is 15.5. The third-order valence-electron chi connectivity index (χ3n) is 4.30. The molecule has 1 amide bonds. The normalized spacial score (nSPS) is 14.1. The topological polar surface area (TPSA) is 116 Å². The van der Waals surface area contributed by atoms with E-state index in [1.807, 2.05) is 6.92 Å². The van der Waals surface area contributed by atoms with E-state index < -0.39 is 15.9 Å². The van der Waals surface area contributed by atoms with Crippen LogP contribution in [-0.4, -0.2) is 56.1 Å². The lowest BCUT2D eigenvalue weighted by atomic mass is 10.1. The van der Waals surface area contributed by atoms with Crippen molar-refractivity contribution in [3.8, 4) is 5.75 Å². The van der Waals surface area contributed by atoms with Crippen molar-refractivity contribution < 1.29 is 17.9 Å². The summed E-state index contributed by atoms with van der Waals surface area (Å²) in [6, 6.07) is 4.39. The first-order chi connectivity index (χ1) is 12.8. The van der Waals surface area contributed by atoms with Crippen molar-refractivity contribution in [2.45, 2.75) is 24.8 Å². The van der Waals surface area contributed by atoms with E-state index in [1.165, 1.54) is 32.3 Å². The summed E-state index contributed by atoms with van der Waals surface area (Å²) in [6.07, 6.45) is 0.774. The van der Waals surface area contributed by atoms with Crippen LogP contribution in [0, 0.1) is 0 Å². The van der Waals surface area contributed by atoms with Crippen molar-refractivity contribution in [2.75, 3.05) is 32.6 Å². The first kappa shape index (κ1) is 19.3. The van der Waals surface area contributed by atoms with Gasteiger partial charge in [0, 0.05) is 44.9 Å². The lowest BCUT2D eigenvalue weighted by Gasteiger charge is -2.16. The second kappa shape index (κ2) is 7.67. The van der Waals surface area contributed by atoms with Crippen LogP contribution in [-0.2, 0) is 23.0 Å². The van der Waals surface area contributed by atoms with Crippen LogP contribution in [0.2, 0.25) is 0 Å². The van der Waals surface area contributed by atoms with Crippen LogP contribution in [0.5, 0.6) is 5.75 Å². The Labute approximate surface area is 158 Å². The Morgan fingerprint density at radius 1 is 1.37 bits per heavy atom. The minimum Gasteiger partial charge on any atom is -0.492 e. The number of ether oxygens (including phenoxy) is 1. The summed E-state index contributed by atoms with van der Waals surface area (Å²) in [6.45, 7) is 3.58. The summed E-state index contributed by atoms with van der Waals surface area (Å²) < 4.78 is 31.5. The maximum absolute atomic E-state index is 12.8. The fraction of sp³-hybridized carbons (Fsp3) is 0.412. The van der Waals surface area contributed by atoms with Crippen LogP contribution in [0.15, 0.2) is 23.1 Å². The van der Waals surface area contributed by atoms with Crippen molar-refractivity contribution in [3.05, 3.63) is 35.2 Å². The van der Waals surface area contributed by atoms with E-state index in [9.17, 15) is 13.2 Å². The van der Waals surface area contributed by atoms with Gasteiger partial charge in [0.1, 0.15) is 5.75 Å². The highest BCUT2D eigenvalue weighted by Crippen LogP contribution is 2.29. The lowest BCUT2D eigenvalue weighted by molar-refractivity contribution is 0.102. The Morgan fingerprint density at radius 3 is 2.85 bits per heavy atom. The highest BCUT2D eigenvalue weighted by molar-refractivity contribution is 7.89. The molecule has 0 fully saturated rings. The first-order valence-corrected chi connectivity index (χ1v) is 10.1. The van der Waals surface area contributed by atoms with Gasteiger partial charge in [0.25, 0.3) is 5.91 Å². The van der Waals surface area contributed by atoms with E-state index in [1.54, 1.807) is 0 Å². The Kier molecular flexibility index (Phi) is 5.49. The summed E-state index contributed by atoms with van der Waals surface area (Å²) in [5.41, 5.74) is 2.34. The van der Waals surface area contributed by atoms with E-state index in [0.29, 0.717) is 24.6 Å². The number of aromatic amines is 1. The molecule has 0 atom stereocenters. The molecule has 0 spiro atoms. The second-order valence-electron chi connectivity index (χ2n) is 6.29. The fourth-order valence-corrected chi connectivity index (χ4v) is 3.78. The first-order valence-electron chi connectivity index (χ1n) is 8.62. The van der Waals surface area contributed by atoms with E-state index in [2.05, 4.69) is 20.8 Å². The van der Waals surface area contributed by atoms with Gasteiger partial charge in [0.15, 0.2) is 5.69 Å². The molecule has 10 heteroatoms. The Bertz CT molecular complexity index is 952. The van der Waals surface area contributed by atoms with Crippen LogP contribution in [0.1, 0.15) is 28.7 Å². The number of amides is 1. The Hall–Kier alpha value is -2.43. The molecule has 3 rings (SSSR count). The highest BCUT2D eigenvalue weighted by atomic mass is 32.2. The maximum atomic E-state index is 12.8. The minimum atomic E-state index is -3.64. The molecule has 0 aliphatic carbocycles. The number of carbonyl (C=O) groups excluding carboxylic acids is 1. The van der Waals surface area contributed by atoms with Crippen molar-refractivity contribution in [1.29, 1.82) is 0 Å². The van der Waals surface area contributed by atoms with Gasteiger partial charge in [-0.15, -0.1) is 0 Å². The summed E-state index contributed by atoms with van der Waals surface area (Å²) in [5, 5.41) is 13.0. The number of nitrogens with one attached hydrogen (secondary N) is 3. The molecule has 0 radical (unpaired) electrons. The molecule has 2 heterocycles. The monoisotopic (exact) mass is 393 g/mol. The summed E-state index contributed by atoms with van der Waals surface area (Å²) in [7, 11) is -0.738. The van der Waals surface area contributed by atoms with Gasteiger partial charge < -0.3 is 15.4 Å². The standard InChI is InChI=1S/C17H23N5O4S/c1-4-26-15-6-5-11(27(24,25)22(2)3)9-14(15)19-17(23)16-12-10-18-8-7-13(12)20-21-16/h5-6,9,18H,4,7-8,10H2,1-3H3,(H,19,23)(H,20,21). The zero-order chi connectivity index (χ0) is 19.6. The molecule has 1 aliphatic heterocycles. The molecule has 2 aromatic rings. The van der Waals surface area contributed by atoms with Crippen molar-refractivity contribution in [1.82, 2.24) is 19.8 Å². The number of nitrogens with zero attached hydrogens (tertiary/aromatic N) is 2. The smallest absolute Gasteiger partial charge is 0.276 e. The van der Waals surface area contributed by atoms with Gasteiger partial charge in [-0.05, 0) is 25.1 Å². The van der Waals surface area contributed by atoms with E-state index in [-0.39, 0.29) is 10.6 Å². The molecule has 0 bridgehead atoms. The van der Waals surface area contributed by atoms with Gasteiger partial charge in [-0.3, -0.25) is 9.89 Å². The van der Waals surface area contributed by atoms with Crippen LogP contribution in [0.25, 0.3) is 0 Å². The quantitative estimate of drug-likeness (QED) is 0.673. The molecule has 0 saturated heterocycles. The van der Waals surface area contributed by atoms with Gasteiger partial charge in [0.05, 0.1) is 17.2 Å². The van der Waals surface area contributed by atoms with Crippen molar-refractivity contribution >= 4 is 21.6 Å². The van der Waals surface area contributed by atoms with Gasteiger partial charge >= 0.3 is 0 Å². The van der Waals surface area contributed by atoms with Crippen LogP contribution >= 0.6 is 0 Å². The average Bonchev–Trinajstić information content (AvgIpc) is 3.07. The molecule has 9 nitrogen and oxygen atoms in total. The van der Waals surface area contributed by atoms with Crippen LogP contribution in [0.4, 0.5) is 5.69 Å². The molecular weight excluding hydrogens is 370 g/mol. The molecule has 27 heavy (non-hydrogen) atoms. The number of hydrogen-bond donors (Lipinski definition) is 3. The maximum Gasteiger partial charge on any atom is 0.276 e. The largest absolute Gasteiger partial charge is 0.492 e. The van der Waals surface area contributed by atoms with E-state index in [4.69, 9.17) is 4.74 Å². The molecule has 1 aliphatic rings. The molecule has 1 aromatic carbocycles. The number of anilines is 1. The number of aromatic nitrogens is 2. The predicted octanol–water partition coefficient (Wildman–Crippen LogP) is 0.957. The third kappa shape index (κ3) is 3.82. The average molecular weight is 393 g/mol. The zero-order valence-corrected chi connectivity index (χ0v) is 16.3. The molecular formula is C17H23N5O4S. The van der Waals surface area contributed by atoms with E-state index >= 15 is 0 Å². The number of H-pyrrole nitrogens is 1. The number of carbonyl (C=O) groups is 1. The van der Waals surface area contributed by atoms with Gasteiger partial charge in [0.2, 0.25) is 10.0 Å². The number of benzene rings is 1. The number of hydrogen-bond acceptors (Lipinski definition) is 6. The lowest BCUT2D eigenvalue weighted by Crippen LogP contribution is -2.25. The summed E-state index contributed by atoms with van der Waals surface area (Å²) in [5.74, 6) is -0.0253. The van der Waals surface area contributed by atoms with Crippen molar-refractivity contribution in [3.63, 3.8) is 0 Å². The van der Waals surface area contributed by atoms with Gasteiger partial charge in [-0.2, -0.15) is 5.10 Å². The summed E-state index contributed by atoms with van der Waals surface area (Å²) >= 11 is 0. The molecule has 146 valence electrons. The SMILES string of the molecule is CCOc1ccc(S(=O)(=O)N(C)C)cc1NC(=O)c1n[nH]c2c1CNCC2. The second-order valence-corrected chi connectivity index (χ2v) is 8.44. The van der Waals surface area contributed by atoms with Crippen LogP contribution in [0.3, 0.4) is 0 Å². The van der Waals surface area contributed by atoms with Crippen molar-refractivity contribution in [2.24, 2.45) is 0 Å². The fourth-order valence-electron chi connectivity index (χ4n) is 2.85.